The third-order valence-corrected chi connectivity index (χ3v) is 3.60. The molecule has 1 aromatic carbocycles. The lowest BCUT2D eigenvalue weighted by molar-refractivity contribution is 0.259. The number of nitrogens with zero attached hydrogens (tertiary/aromatic N) is 1. The summed E-state index contributed by atoms with van der Waals surface area (Å²) in [4.78, 5) is 2.83. The molecule has 0 amide bonds. The van der Waals surface area contributed by atoms with E-state index in [-0.39, 0.29) is 11.2 Å². The molecular formula is C14H19FN2S. The van der Waals surface area contributed by atoms with Gasteiger partial charge in [-0.2, -0.15) is 0 Å². The van der Waals surface area contributed by atoms with Crippen LogP contribution in [0.2, 0.25) is 0 Å². The van der Waals surface area contributed by atoms with E-state index in [1.54, 1.807) is 12.1 Å². The monoisotopic (exact) mass is 266 g/mol. The molecule has 2 N–H and O–H groups in total. The van der Waals surface area contributed by atoms with Crippen LogP contribution in [-0.4, -0.2) is 23.5 Å². The van der Waals surface area contributed by atoms with Crippen molar-refractivity contribution in [2.75, 3.05) is 13.6 Å². The molecular weight excluding hydrogens is 247 g/mol. The Morgan fingerprint density at radius 2 is 2.22 bits per heavy atom. The lowest BCUT2D eigenvalue weighted by Gasteiger charge is -2.23. The van der Waals surface area contributed by atoms with Crippen molar-refractivity contribution >= 4 is 17.2 Å². The highest BCUT2D eigenvalue weighted by Crippen LogP contribution is 2.49. The van der Waals surface area contributed by atoms with E-state index in [9.17, 15) is 4.39 Å². The van der Waals surface area contributed by atoms with E-state index in [1.807, 2.05) is 6.07 Å². The molecule has 1 saturated carbocycles. The molecule has 18 heavy (non-hydrogen) atoms. The molecule has 4 heteroatoms. The second-order valence-corrected chi connectivity index (χ2v) is 5.97. The molecule has 0 spiro atoms. The Morgan fingerprint density at radius 3 is 2.78 bits per heavy atom. The molecule has 1 aromatic rings. The third kappa shape index (κ3) is 3.75. The second kappa shape index (κ2) is 5.33. The molecule has 0 aliphatic heterocycles. The Kier molecular flexibility index (Phi) is 3.97. The average molecular weight is 266 g/mol. The van der Waals surface area contributed by atoms with Gasteiger partial charge in [0.25, 0.3) is 0 Å². The maximum Gasteiger partial charge on any atom is 0.123 e. The van der Waals surface area contributed by atoms with Gasteiger partial charge in [0.05, 0.1) is 4.99 Å². The summed E-state index contributed by atoms with van der Waals surface area (Å²) < 4.78 is 13.1. The Hall–Kier alpha value is -1.00. The minimum absolute atomic E-state index is 0.176. The molecule has 0 atom stereocenters. The normalized spacial score (nSPS) is 16.8. The molecule has 1 fully saturated rings. The van der Waals surface area contributed by atoms with Gasteiger partial charge < -0.3 is 10.6 Å². The van der Waals surface area contributed by atoms with Crippen LogP contribution in [0.3, 0.4) is 0 Å². The van der Waals surface area contributed by atoms with E-state index < -0.39 is 0 Å². The van der Waals surface area contributed by atoms with E-state index in [4.69, 9.17) is 18.0 Å². The highest BCUT2D eigenvalue weighted by molar-refractivity contribution is 7.80. The van der Waals surface area contributed by atoms with Crippen LogP contribution in [0.15, 0.2) is 24.3 Å². The van der Waals surface area contributed by atoms with Gasteiger partial charge in [0.1, 0.15) is 5.82 Å². The minimum Gasteiger partial charge on any atom is -0.393 e. The zero-order chi connectivity index (χ0) is 13.2. The van der Waals surface area contributed by atoms with Crippen molar-refractivity contribution in [1.82, 2.24) is 4.90 Å². The van der Waals surface area contributed by atoms with Crippen molar-refractivity contribution in [1.29, 1.82) is 0 Å². The van der Waals surface area contributed by atoms with Crippen molar-refractivity contribution in [3.05, 3.63) is 35.6 Å². The number of thiocarbonyl (C=S) groups is 1. The fourth-order valence-corrected chi connectivity index (χ4v) is 2.82. The van der Waals surface area contributed by atoms with Crippen molar-refractivity contribution in [3.63, 3.8) is 0 Å². The molecule has 0 radical (unpaired) electrons. The fraction of sp³-hybridized carbons (Fsp3) is 0.500. The molecule has 0 bridgehead atoms. The van der Waals surface area contributed by atoms with Gasteiger partial charge in [-0.3, -0.25) is 0 Å². The summed E-state index contributed by atoms with van der Waals surface area (Å²) in [5, 5.41) is 0. The standard InChI is InChI=1S/C14H19FN2S/c1-17(9-11-3-2-4-12(15)7-11)10-14(5-6-14)8-13(16)18/h2-4,7H,5-6,8-10H2,1H3,(H2,16,18). The lowest BCUT2D eigenvalue weighted by atomic mass is 10.0. The average Bonchev–Trinajstić information content (AvgIpc) is 2.95. The fourth-order valence-electron chi connectivity index (χ4n) is 2.51. The smallest absolute Gasteiger partial charge is 0.123 e. The molecule has 0 saturated heterocycles. The second-order valence-electron chi connectivity index (χ2n) is 5.45. The Labute approximate surface area is 113 Å². The predicted molar refractivity (Wildman–Crippen MR) is 75.8 cm³/mol. The van der Waals surface area contributed by atoms with Crippen molar-refractivity contribution in [2.45, 2.75) is 25.8 Å². The maximum atomic E-state index is 13.1. The maximum absolute atomic E-state index is 13.1. The first-order valence-corrected chi connectivity index (χ1v) is 6.61. The van der Waals surface area contributed by atoms with E-state index in [1.165, 1.54) is 18.9 Å². The lowest BCUT2D eigenvalue weighted by Crippen LogP contribution is -2.29. The Bertz CT molecular complexity index is 443. The van der Waals surface area contributed by atoms with Crippen LogP contribution < -0.4 is 5.73 Å². The van der Waals surface area contributed by atoms with Gasteiger partial charge >= 0.3 is 0 Å². The van der Waals surface area contributed by atoms with Crippen LogP contribution in [0.1, 0.15) is 24.8 Å². The Balaban J connectivity index is 1.89. The quantitative estimate of drug-likeness (QED) is 0.803. The van der Waals surface area contributed by atoms with Crippen molar-refractivity contribution in [3.8, 4) is 0 Å². The van der Waals surface area contributed by atoms with Gasteiger partial charge in [-0.25, -0.2) is 4.39 Å². The molecule has 2 rings (SSSR count). The SMILES string of the molecule is CN(Cc1cccc(F)c1)CC1(CC(N)=S)CC1. The number of halogens is 1. The van der Waals surface area contributed by atoms with Crippen LogP contribution in [0.5, 0.6) is 0 Å². The number of rotatable bonds is 6. The first-order chi connectivity index (χ1) is 8.49. The van der Waals surface area contributed by atoms with Crippen LogP contribution in [0, 0.1) is 11.2 Å². The number of nitrogens with two attached hydrogens (primary N) is 1. The van der Waals surface area contributed by atoms with E-state index in [0.717, 1.165) is 25.1 Å². The molecule has 0 unspecified atom stereocenters. The number of benzene rings is 1. The highest BCUT2D eigenvalue weighted by atomic mass is 32.1. The van der Waals surface area contributed by atoms with E-state index >= 15 is 0 Å². The van der Waals surface area contributed by atoms with Crippen LogP contribution >= 0.6 is 12.2 Å². The number of hydrogen-bond donors (Lipinski definition) is 1. The summed E-state index contributed by atoms with van der Waals surface area (Å²) in [6, 6.07) is 6.76. The zero-order valence-corrected chi connectivity index (χ0v) is 11.5. The van der Waals surface area contributed by atoms with E-state index in [2.05, 4.69) is 11.9 Å². The summed E-state index contributed by atoms with van der Waals surface area (Å²) >= 11 is 4.99. The summed E-state index contributed by atoms with van der Waals surface area (Å²) in [7, 11) is 2.06. The van der Waals surface area contributed by atoms with Gasteiger partial charge in [0, 0.05) is 19.5 Å². The van der Waals surface area contributed by atoms with Crippen molar-refractivity contribution < 1.29 is 4.39 Å². The van der Waals surface area contributed by atoms with Crippen molar-refractivity contribution in [2.24, 2.45) is 11.1 Å². The summed E-state index contributed by atoms with van der Waals surface area (Å²) in [6.07, 6.45) is 3.21. The number of hydrogen-bond acceptors (Lipinski definition) is 2. The summed E-state index contributed by atoms with van der Waals surface area (Å²) in [5.74, 6) is -0.176. The van der Waals surface area contributed by atoms with Gasteiger partial charge in [-0.05, 0) is 43.0 Å². The molecule has 98 valence electrons. The van der Waals surface area contributed by atoms with Gasteiger partial charge in [-0.15, -0.1) is 0 Å². The molecule has 2 nitrogen and oxygen atoms in total. The minimum atomic E-state index is -0.176. The Morgan fingerprint density at radius 1 is 1.50 bits per heavy atom. The first-order valence-electron chi connectivity index (χ1n) is 6.20. The summed E-state index contributed by atoms with van der Waals surface area (Å²) in [5.41, 5.74) is 6.92. The molecule has 1 aliphatic rings. The van der Waals surface area contributed by atoms with Crippen LogP contribution in [0.4, 0.5) is 4.39 Å². The van der Waals surface area contributed by atoms with Crippen LogP contribution in [0.25, 0.3) is 0 Å². The molecule has 0 aromatic heterocycles. The predicted octanol–water partition coefficient (Wildman–Crippen LogP) is 2.71. The first kappa shape index (κ1) is 13.4. The van der Waals surface area contributed by atoms with Crippen LogP contribution in [-0.2, 0) is 6.54 Å². The topological polar surface area (TPSA) is 29.3 Å². The highest BCUT2D eigenvalue weighted by Gasteiger charge is 2.43. The largest absolute Gasteiger partial charge is 0.393 e. The van der Waals surface area contributed by atoms with Gasteiger partial charge in [-0.1, -0.05) is 24.4 Å². The third-order valence-electron chi connectivity index (χ3n) is 3.45. The van der Waals surface area contributed by atoms with Gasteiger partial charge in [0.15, 0.2) is 0 Å². The molecule has 0 heterocycles. The summed E-state index contributed by atoms with van der Waals surface area (Å²) in [6.45, 7) is 1.73. The zero-order valence-electron chi connectivity index (χ0n) is 10.7. The van der Waals surface area contributed by atoms with Gasteiger partial charge in [0.2, 0.25) is 0 Å². The van der Waals surface area contributed by atoms with E-state index in [0.29, 0.717) is 4.99 Å². The molecule has 1 aliphatic carbocycles.